The number of carbonyl (C=O) groups is 4. The van der Waals surface area contributed by atoms with Crippen LogP contribution < -0.4 is 16.0 Å². The van der Waals surface area contributed by atoms with Gasteiger partial charge in [-0.15, -0.1) is 0 Å². The molecule has 0 saturated carbocycles. The summed E-state index contributed by atoms with van der Waals surface area (Å²) < 4.78 is 39.1. The second kappa shape index (κ2) is 8.04. The van der Waals surface area contributed by atoms with Crippen LogP contribution in [-0.4, -0.2) is 60.4 Å². The molecule has 0 aromatic heterocycles. The van der Waals surface area contributed by atoms with Gasteiger partial charge in [-0.25, -0.2) is 0 Å². The number of halogens is 3. The van der Waals surface area contributed by atoms with Crippen LogP contribution in [0.5, 0.6) is 0 Å². The van der Waals surface area contributed by atoms with Crippen molar-refractivity contribution in [2.75, 3.05) is 19.6 Å². The third-order valence-corrected chi connectivity index (χ3v) is 6.00. The zero-order chi connectivity index (χ0) is 22.3. The Bertz CT molecular complexity index is 949. The van der Waals surface area contributed by atoms with Gasteiger partial charge in [-0.05, 0) is 36.6 Å². The van der Waals surface area contributed by atoms with Gasteiger partial charge in [0.05, 0.1) is 17.0 Å². The molecule has 2 saturated heterocycles. The van der Waals surface area contributed by atoms with Crippen LogP contribution in [0.2, 0.25) is 0 Å². The Kier molecular flexibility index (Phi) is 5.56. The van der Waals surface area contributed by atoms with Gasteiger partial charge >= 0.3 is 6.18 Å². The Morgan fingerprint density at radius 3 is 2.52 bits per heavy atom. The molecule has 4 amide bonds. The minimum atomic E-state index is -4.25. The number of nitrogens with zero attached hydrogens (tertiary/aromatic N) is 1. The third kappa shape index (κ3) is 4.07. The molecule has 3 atom stereocenters. The van der Waals surface area contributed by atoms with E-state index < -0.39 is 47.7 Å². The van der Waals surface area contributed by atoms with Crippen molar-refractivity contribution in [3.05, 3.63) is 34.9 Å². The molecule has 0 radical (unpaired) electrons. The number of hydrogen-bond acceptors (Lipinski definition) is 6. The average Bonchev–Trinajstić information content (AvgIpc) is 3.26. The van der Waals surface area contributed by atoms with Crippen LogP contribution in [0.3, 0.4) is 0 Å². The van der Waals surface area contributed by atoms with Gasteiger partial charge in [0, 0.05) is 26.1 Å². The van der Waals surface area contributed by atoms with Crippen molar-refractivity contribution >= 4 is 23.6 Å². The smallest absolute Gasteiger partial charge is 0.316 e. The molecule has 8 nitrogen and oxygen atoms in total. The number of imide groups is 2. The van der Waals surface area contributed by atoms with Gasteiger partial charge in [0.1, 0.15) is 6.04 Å². The van der Waals surface area contributed by atoms with Crippen LogP contribution in [0.4, 0.5) is 13.2 Å². The first kappa shape index (κ1) is 21.4. The monoisotopic (exact) mass is 438 g/mol. The van der Waals surface area contributed by atoms with Gasteiger partial charge < -0.3 is 10.6 Å². The Morgan fingerprint density at radius 1 is 1.06 bits per heavy atom. The zero-order valence-electron chi connectivity index (χ0n) is 16.4. The first-order chi connectivity index (χ1) is 14.7. The molecule has 1 unspecified atom stereocenters. The highest BCUT2D eigenvalue weighted by atomic mass is 19.4. The first-order valence-corrected chi connectivity index (χ1v) is 9.99. The summed E-state index contributed by atoms with van der Waals surface area (Å²) in [6.45, 7) is 0.564. The largest absolute Gasteiger partial charge is 0.393 e. The van der Waals surface area contributed by atoms with Gasteiger partial charge in [0.15, 0.2) is 0 Å². The Balaban J connectivity index is 1.42. The molecule has 3 heterocycles. The van der Waals surface area contributed by atoms with Crippen molar-refractivity contribution in [1.82, 2.24) is 20.9 Å². The summed E-state index contributed by atoms with van der Waals surface area (Å²) in [4.78, 5) is 49.8. The van der Waals surface area contributed by atoms with Crippen molar-refractivity contribution in [2.24, 2.45) is 11.8 Å². The van der Waals surface area contributed by atoms with E-state index in [4.69, 9.17) is 0 Å². The maximum absolute atomic E-state index is 13.0. The molecular formula is C20H21F3N4O4. The number of benzene rings is 1. The Labute approximate surface area is 175 Å². The molecule has 3 N–H and O–H groups in total. The molecule has 1 aromatic rings. The van der Waals surface area contributed by atoms with Gasteiger partial charge in [-0.2, -0.15) is 13.2 Å². The van der Waals surface area contributed by atoms with Crippen molar-refractivity contribution < 1.29 is 32.3 Å². The number of rotatable bonds is 5. The van der Waals surface area contributed by atoms with Gasteiger partial charge in [0.2, 0.25) is 11.8 Å². The summed E-state index contributed by atoms with van der Waals surface area (Å²) >= 11 is 0. The number of amides is 4. The normalized spacial score (nSPS) is 26.4. The fraction of sp³-hybridized carbons (Fsp3) is 0.500. The Morgan fingerprint density at radius 2 is 1.81 bits per heavy atom. The standard InChI is InChI=1S/C20H21F3N4O4/c21-20(22,23)14-9-25-8-11(14)7-24-6-10-1-2-12-13(5-10)19(31)27(18(12)30)15-3-4-16(28)26-17(15)29/h1-2,5,11,14-15,24-25H,3-4,6-9H2,(H,26,28,29)/t11-,14-,15?/m1/s1. The summed E-state index contributed by atoms with van der Waals surface area (Å²) in [5, 5.41) is 7.90. The minimum Gasteiger partial charge on any atom is -0.316 e. The van der Waals surface area contributed by atoms with Crippen LogP contribution in [0, 0.1) is 11.8 Å². The molecule has 4 rings (SSSR count). The highest BCUT2D eigenvalue weighted by Gasteiger charge is 2.47. The van der Waals surface area contributed by atoms with Crippen molar-refractivity contribution in [2.45, 2.75) is 31.6 Å². The molecule has 0 aliphatic carbocycles. The van der Waals surface area contributed by atoms with Crippen molar-refractivity contribution in [3.8, 4) is 0 Å². The fourth-order valence-corrected chi connectivity index (χ4v) is 4.36. The van der Waals surface area contributed by atoms with E-state index >= 15 is 0 Å². The lowest BCUT2D eigenvalue weighted by Gasteiger charge is -2.27. The SMILES string of the molecule is O=C1CCC(N2C(=O)c3ccc(CNC[C@@H]4CNC[C@H]4C(F)(F)F)cc3C2=O)C(=O)N1. The van der Waals surface area contributed by atoms with E-state index in [0.29, 0.717) is 5.56 Å². The van der Waals surface area contributed by atoms with E-state index in [9.17, 15) is 32.3 Å². The van der Waals surface area contributed by atoms with Gasteiger partial charge in [-0.3, -0.25) is 29.4 Å². The van der Waals surface area contributed by atoms with Crippen LogP contribution >= 0.6 is 0 Å². The average molecular weight is 438 g/mol. The Hall–Kier alpha value is -2.79. The lowest BCUT2D eigenvalue weighted by atomic mass is 9.95. The number of alkyl halides is 3. The lowest BCUT2D eigenvalue weighted by molar-refractivity contribution is -0.178. The number of carbonyl (C=O) groups excluding carboxylic acids is 4. The summed E-state index contributed by atoms with van der Waals surface area (Å²) in [6, 6.07) is 3.58. The molecule has 31 heavy (non-hydrogen) atoms. The summed E-state index contributed by atoms with van der Waals surface area (Å²) in [5.41, 5.74) is 0.944. The second-order valence-corrected chi connectivity index (χ2v) is 8.02. The lowest BCUT2D eigenvalue weighted by Crippen LogP contribution is -2.54. The molecule has 3 aliphatic heterocycles. The van der Waals surface area contributed by atoms with E-state index in [0.717, 1.165) is 4.90 Å². The van der Waals surface area contributed by atoms with Gasteiger partial charge in [0.25, 0.3) is 11.8 Å². The van der Waals surface area contributed by atoms with E-state index in [1.165, 1.54) is 12.1 Å². The maximum atomic E-state index is 13.0. The highest BCUT2D eigenvalue weighted by Crippen LogP contribution is 2.34. The molecule has 0 bridgehead atoms. The quantitative estimate of drug-likeness (QED) is 0.581. The number of nitrogens with one attached hydrogen (secondary N) is 3. The minimum absolute atomic E-state index is 0.0356. The summed E-state index contributed by atoms with van der Waals surface area (Å²) in [7, 11) is 0. The molecule has 166 valence electrons. The van der Waals surface area contributed by atoms with Crippen molar-refractivity contribution in [1.29, 1.82) is 0 Å². The molecule has 0 spiro atoms. The highest BCUT2D eigenvalue weighted by molar-refractivity contribution is 6.23. The van der Waals surface area contributed by atoms with E-state index in [-0.39, 0.29) is 50.1 Å². The van der Waals surface area contributed by atoms with E-state index in [1.807, 2.05) is 0 Å². The summed E-state index contributed by atoms with van der Waals surface area (Å²) in [5.74, 6) is -4.33. The van der Waals surface area contributed by atoms with Gasteiger partial charge in [-0.1, -0.05) is 6.07 Å². The fourth-order valence-electron chi connectivity index (χ4n) is 4.36. The number of hydrogen-bond donors (Lipinski definition) is 3. The third-order valence-electron chi connectivity index (χ3n) is 6.00. The van der Waals surface area contributed by atoms with Crippen LogP contribution in [-0.2, 0) is 16.1 Å². The van der Waals surface area contributed by atoms with Crippen LogP contribution in [0.15, 0.2) is 18.2 Å². The first-order valence-electron chi connectivity index (χ1n) is 9.99. The molecule has 11 heteroatoms. The maximum Gasteiger partial charge on any atom is 0.393 e. The zero-order valence-corrected chi connectivity index (χ0v) is 16.4. The molecule has 2 fully saturated rings. The van der Waals surface area contributed by atoms with Crippen LogP contribution in [0.1, 0.15) is 39.1 Å². The molecule has 1 aromatic carbocycles. The van der Waals surface area contributed by atoms with Crippen molar-refractivity contribution in [3.63, 3.8) is 0 Å². The van der Waals surface area contributed by atoms with E-state index in [1.54, 1.807) is 6.07 Å². The summed E-state index contributed by atoms with van der Waals surface area (Å²) in [6.07, 6.45) is -4.15. The predicted molar refractivity (Wildman–Crippen MR) is 101 cm³/mol. The second-order valence-electron chi connectivity index (χ2n) is 8.02. The number of fused-ring (bicyclic) bond motifs is 1. The molecular weight excluding hydrogens is 417 g/mol. The predicted octanol–water partition coefficient (Wildman–Crippen LogP) is 0.575. The van der Waals surface area contributed by atoms with Crippen LogP contribution in [0.25, 0.3) is 0 Å². The topological polar surface area (TPSA) is 108 Å². The van der Waals surface area contributed by atoms with E-state index in [2.05, 4.69) is 16.0 Å². The molecule has 3 aliphatic rings. The number of piperidine rings is 1.